The minimum Gasteiger partial charge on any atom is -0.481 e. The Kier molecular flexibility index (Phi) is 11.9. The summed E-state index contributed by atoms with van der Waals surface area (Å²) in [6, 6.07) is -0.373. The fraction of sp³-hybridized carbons (Fsp3) is 0.822. The van der Waals surface area contributed by atoms with Crippen molar-refractivity contribution in [3.63, 3.8) is 0 Å². The zero-order valence-electron chi connectivity index (χ0n) is 37.1. The number of hydroxylamine groups is 2. The Bertz CT molecular complexity index is 1780. The van der Waals surface area contributed by atoms with Crippen LogP contribution in [-0.2, 0) is 57.3 Å². The number of allylic oxidation sites excluding steroid dienone is 2. The van der Waals surface area contributed by atoms with Crippen LogP contribution >= 0.6 is 0 Å². The lowest BCUT2D eigenvalue weighted by Crippen LogP contribution is -2.71. The van der Waals surface area contributed by atoms with E-state index in [1.807, 2.05) is 13.0 Å². The van der Waals surface area contributed by atoms with E-state index < -0.39 is 76.7 Å². The molecule has 4 saturated carbocycles. The summed E-state index contributed by atoms with van der Waals surface area (Å²) in [4.78, 5) is 83.5. The minimum absolute atomic E-state index is 0.0207. The number of hydrogen-bond acceptors (Lipinski definition) is 13. The second-order valence-corrected chi connectivity index (χ2v) is 20.6. The molecule has 5 aliphatic carbocycles. The third-order valence-electron chi connectivity index (χ3n) is 16.8. The van der Waals surface area contributed by atoms with Gasteiger partial charge in [-0.15, -0.1) is 0 Å². The van der Waals surface area contributed by atoms with Crippen molar-refractivity contribution in [2.45, 2.75) is 171 Å². The first-order valence-electron chi connectivity index (χ1n) is 21.4. The molecular formula is C45H67NO13. The lowest BCUT2D eigenvalue weighted by Gasteiger charge is -2.71. The molecule has 0 spiro atoms. The smallest absolute Gasteiger partial charge is 0.309 e. The molecule has 14 atom stereocenters. The lowest BCUT2D eigenvalue weighted by atomic mass is 9.33. The molecule has 0 aromatic heterocycles. The van der Waals surface area contributed by atoms with Crippen LogP contribution in [0.1, 0.15) is 134 Å². The lowest BCUT2D eigenvalue weighted by molar-refractivity contribution is -0.357. The summed E-state index contributed by atoms with van der Waals surface area (Å²) >= 11 is 0. The topological polar surface area (TPSA) is 181 Å². The van der Waals surface area contributed by atoms with Crippen LogP contribution in [0.2, 0.25) is 0 Å². The SMILES string of the molecule is CON([C@@H]1O[C@H](COC(C)=O)[C@@H](OC(C)=O)[C@H](OC(C)=O)[C@H]1OC(C)=O)[C@H]1CC[C@]2(C)[C@H]3C(=O)C=C4[C@@H]5CC(C)(C(=O)O)CC[C@]5(C)CC[C@@]4(C)[C@]3(C)CC[C@H]2C1(C)C. The number of esters is 4. The number of aliphatic carboxylic acids is 1. The van der Waals surface area contributed by atoms with Crippen LogP contribution in [0.5, 0.6) is 0 Å². The Morgan fingerprint density at radius 2 is 1.37 bits per heavy atom. The standard InChI is InChI=1S/C45H67NO13/c1-24(47)55-23-31-34(56-25(2)48)35(57-26(3)49)36(58-27(4)50)38(59-31)46(54-12)33-14-15-43(9)32(40(33,5)6)13-16-45(11)37(43)30(51)21-28-29-22-42(8,39(52)53)18-17-41(29,7)19-20-44(28,45)10/h21,29,31-38H,13-20,22-23H2,1-12H3,(H,52,53)/t29-,31+,32-,33-,34+,35-,36+,37+,38+,41+,42?,43-,44+,45+/m0/s1. The van der Waals surface area contributed by atoms with E-state index in [1.54, 1.807) is 5.06 Å². The molecule has 1 N–H and O–H groups in total. The van der Waals surface area contributed by atoms with Crippen molar-refractivity contribution in [1.82, 2.24) is 5.06 Å². The van der Waals surface area contributed by atoms with Gasteiger partial charge < -0.3 is 28.8 Å². The van der Waals surface area contributed by atoms with Crippen molar-refractivity contribution >= 4 is 35.6 Å². The van der Waals surface area contributed by atoms with E-state index in [2.05, 4.69) is 41.5 Å². The van der Waals surface area contributed by atoms with E-state index in [1.165, 1.54) is 34.8 Å². The number of carboxylic acid groups (broad SMARTS) is 1. The van der Waals surface area contributed by atoms with Gasteiger partial charge in [-0.2, -0.15) is 5.06 Å². The Morgan fingerprint density at radius 1 is 0.780 bits per heavy atom. The second-order valence-electron chi connectivity index (χ2n) is 20.6. The van der Waals surface area contributed by atoms with Crippen molar-refractivity contribution in [3.05, 3.63) is 11.6 Å². The fourth-order valence-corrected chi connectivity index (χ4v) is 13.6. The normalized spacial score (nSPS) is 43.7. The average molecular weight is 830 g/mol. The summed E-state index contributed by atoms with van der Waals surface area (Å²) in [5, 5.41) is 12.0. The van der Waals surface area contributed by atoms with Gasteiger partial charge in [-0.3, -0.25) is 33.6 Å². The zero-order chi connectivity index (χ0) is 43.8. The molecule has 14 heteroatoms. The van der Waals surface area contributed by atoms with Gasteiger partial charge in [-0.1, -0.05) is 47.1 Å². The van der Waals surface area contributed by atoms with Gasteiger partial charge in [0.25, 0.3) is 0 Å². The molecule has 1 saturated heterocycles. The van der Waals surface area contributed by atoms with E-state index in [0.717, 1.165) is 37.7 Å². The van der Waals surface area contributed by atoms with Gasteiger partial charge in [0.15, 0.2) is 30.3 Å². The van der Waals surface area contributed by atoms with Gasteiger partial charge in [-0.05, 0) is 110 Å². The Hall–Kier alpha value is -3.36. The molecule has 0 aromatic carbocycles. The van der Waals surface area contributed by atoms with Gasteiger partial charge in [0.1, 0.15) is 12.7 Å². The number of hydrogen-bond donors (Lipinski definition) is 1. The maximum Gasteiger partial charge on any atom is 0.309 e. The maximum absolute atomic E-state index is 15.0. The largest absolute Gasteiger partial charge is 0.481 e. The number of ether oxygens (including phenoxy) is 5. The number of rotatable bonds is 9. The summed E-state index contributed by atoms with van der Waals surface area (Å²) in [7, 11) is 1.49. The molecule has 1 aliphatic heterocycles. The van der Waals surface area contributed by atoms with Gasteiger partial charge in [0.05, 0.1) is 12.5 Å². The quantitative estimate of drug-likeness (QED) is 0.154. The van der Waals surface area contributed by atoms with Crippen molar-refractivity contribution in [2.75, 3.05) is 13.7 Å². The molecule has 6 rings (SSSR count). The van der Waals surface area contributed by atoms with Gasteiger partial charge in [-0.25, -0.2) is 0 Å². The van der Waals surface area contributed by atoms with Crippen LogP contribution in [0.15, 0.2) is 11.6 Å². The number of carbonyl (C=O) groups excluding carboxylic acids is 5. The number of carbonyl (C=O) groups is 6. The van der Waals surface area contributed by atoms with Crippen molar-refractivity contribution < 1.29 is 62.4 Å². The van der Waals surface area contributed by atoms with E-state index >= 15 is 4.79 Å². The molecule has 59 heavy (non-hydrogen) atoms. The Labute approximate surface area is 348 Å². The minimum atomic E-state index is -1.35. The second kappa shape index (κ2) is 15.5. The van der Waals surface area contributed by atoms with Gasteiger partial charge >= 0.3 is 29.8 Å². The highest BCUT2D eigenvalue weighted by molar-refractivity contribution is 5.95. The first-order chi connectivity index (χ1) is 27.3. The molecule has 0 amide bonds. The van der Waals surface area contributed by atoms with E-state index in [4.69, 9.17) is 28.5 Å². The number of fused-ring (bicyclic) bond motifs is 7. The highest BCUT2D eigenvalue weighted by Crippen LogP contribution is 2.75. The molecule has 0 radical (unpaired) electrons. The molecule has 330 valence electrons. The molecular weight excluding hydrogens is 762 g/mol. The summed E-state index contributed by atoms with van der Waals surface area (Å²) in [6.45, 7) is 19.9. The Morgan fingerprint density at radius 3 is 1.95 bits per heavy atom. The number of carboxylic acids is 1. The van der Waals surface area contributed by atoms with Crippen LogP contribution in [0.25, 0.3) is 0 Å². The number of nitrogens with zero attached hydrogens (tertiary/aromatic N) is 1. The molecule has 14 nitrogen and oxygen atoms in total. The predicted octanol–water partition coefficient (Wildman–Crippen LogP) is 6.37. The van der Waals surface area contributed by atoms with E-state index in [9.17, 15) is 29.1 Å². The highest BCUT2D eigenvalue weighted by atomic mass is 16.7. The number of ketones is 1. The zero-order valence-corrected chi connectivity index (χ0v) is 37.1. The van der Waals surface area contributed by atoms with Gasteiger partial charge in [0.2, 0.25) is 0 Å². The summed E-state index contributed by atoms with van der Waals surface area (Å²) in [6.07, 6.45) is 2.45. The molecule has 1 unspecified atom stereocenters. The van der Waals surface area contributed by atoms with Crippen LogP contribution in [0, 0.1) is 50.2 Å². The van der Waals surface area contributed by atoms with Crippen molar-refractivity contribution in [2.24, 2.45) is 50.2 Å². The first-order valence-corrected chi connectivity index (χ1v) is 21.4. The third kappa shape index (κ3) is 7.34. The van der Waals surface area contributed by atoms with E-state index in [0.29, 0.717) is 25.7 Å². The highest BCUT2D eigenvalue weighted by Gasteiger charge is 2.71. The molecule has 0 bridgehead atoms. The van der Waals surface area contributed by atoms with Gasteiger partial charge in [0, 0.05) is 39.7 Å². The molecule has 1 heterocycles. The summed E-state index contributed by atoms with van der Waals surface area (Å²) in [5.41, 5.74) is -1.32. The van der Waals surface area contributed by atoms with Crippen LogP contribution in [0.4, 0.5) is 0 Å². The van der Waals surface area contributed by atoms with Crippen LogP contribution in [-0.4, -0.2) is 96.2 Å². The average Bonchev–Trinajstić information content (AvgIpc) is 3.11. The summed E-state index contributed by atoms with van der Waals surface area (Å²) in [5.74, 6) is -3.59. The van der Waals surface area contributed by atoms with Crippen molar-refractivity contribution in [1.29, 1.82) is 0 Å². The van der Waals surface area contributed by atoms with Crippen LogP contribution in [0.3, 0.4) is 0 Å². The molecule has 5 fully saturated rings. The first kappa shape index (κ1) is 45.2. The fourth-order valence-electron chi connectivity index (χ4n) is 13.6. The maximum atomic E-state index is 15.0. The van der Waals surface area contributed by atoms with Crippen LogP contribution < -0.4 is 0 Å². The molecule has 6 aliphatic rings. The molecule has 0 aromatic rings. The predicted molar refractivity (Wildman–Crippen MR) is 212 cm³/mol. The summed E-state index contributed by atoms with van der Waals surface area (Å²) < 4.78 is 29.2. The van der Waals surface area contributed by atoms with E-state index in [-0.39, 0.29) is 52.4 Å². The van der Waals surface area contributed by atoms with Crippen molar-refractivity contribution in [3.8, 4) is 0 Å². The monoisotopic (exact) mass is 829 g/mol. The Balaban J connectivity index is 1.37. The third-order valence-corrected chi connectivity index (χ3v) is 16.8.